The minimum Gasteiger partial charge on any atom is -0.493 e. The Hall–Kier alpha value is -2.83. The van der Waals surface area contributed by atoms with E-state index in [0.29, 0.717) is 35.4 Å². The van der Waals surface area contributed by atoms with Crippen LogP contribution in [-0.2, 0) is 24.2 Å². The van der Waals surface area contributed by atoms with Crippen LogP contribution in [0, 0.1) is 6.92 Å². The van der Waals surface area contributed by atoms with Crippen molar-refractivity contribution in [1.29, 1.82) is 0 Å². The molecule has 0 radical (unpaired) electrons. The molecule has 1 heterocycles. The zero-order valence-electron chi connectivity index (χ0n) is 18.8. The number of rotatable bonds is 9. The molecule has 1 amide bonds. The van der Waals surface area contributed by atoms with Crippen molar-refractivity contribution >= 4 is 34.2 Å². The standard InChI is InChI=1S/C27H27NO3S2/c1-19-8-10-21(11-9-19)18-31-23-13-12-22(16-24(23)30-2)17-25-26(29)28(27(32)33-25)15-14-20-6-4-3-5-7-20/h3-13,16,25H,14-15,17-18H2,1-2H3/t25-/m0/s1. The summed E-state index contributed by atoms with van der Waals surface area (Å²) in [5.41, 5.74) is 4.54. The van der Waals surface area contributed by atoms with Crippen molar-refractivity contribution in [3.63, 3.8) is 0 Å². The Kier molecular flexibility index (Phi) is 7.68. The first-order chi connectivity index (χ1) is 16.0. The zero-order valence-corrected chi connectivity index (χ0v) is 20.5. The van der Waals surface area contributed by atoms with E-state index in [1.54, 1.807) is 12.0 Å². The van der Waals surface area contributed by atoms with Crippen LogP contribution < -0.4 is 9.47 Å². The van der Waals surface area contributed by atoms with Gasteiger partial charge in [0.25, 0.3) is 0 Å². The topological polar surface area (TPSA) is 38.8 Å². The molecule has 0 unspecified atom stereocenters. The Labute approximate surface area is 204 Å². The largest absolute Gasteiger partial charge is 0.493 e. The monoisotopic (exact) mass is 477 g/mol. The van der Waals surface area contributed by atoms with Crippen LogP contribution in [-0.4, -0.2) is 34.0 Å². The molecule has 0 aliphatic carbocycles. The number of carbonyl (C=O) groups excluding carboxylic acids is 1. The molecule has 1 aliphatic heterocycles. The maximum atomic E-state index is 13.0. The van der Waals surface area contributed by atoms with Crippen LogP contribution in [0.4, 0.5) is 0 Å². The van der Waals surface area contributed by atoms with E-state index in [1.165, 1.54) is 22.9 Å². The summed E-state index contributed by atoms with van der Waals surface area (Å²) in [5, 5.41) is -0.211. The average molecular weight is 478 g/mol. The molecule has 4 rings (SSSR count). The summed E-state index contributed by atoms with van der Waals surface area (Å²) >= 11 is 6.98. The summed E-state index contributed by atoms with van der Waals surface area (Å²) in [6, 6.07) is 24.3. The van der Waals surface area contributed by atoms with Crippen molar-refractivity contribution in [2.75, 3.05) is 13.7 Å². The number of aryl methyl sites for hydroxylation is 1. The predicted octanol–water partition coefficient (Wildman–Crippen LogP) is 5.60. The first kappa shape index (κ1) is 23.3. The summed E-state index contributed by atoms with van der Waals surface area (Å²) in [6.45, 7) is 3.15. The van der Waals surface area contributed by atoms with Gasteiger partial charge in [0, 0.05) is 6.54 Å². The maximum absolute atomic E-state index is 13.0. The van der Waals surface area contributed by atoms with Crippen molar-refractivity contribution in [2.24, 2.45) is 0 Å². The summed E-state index contributed by atoms with van der Waals surface area (Å²) < 4.78 is 12.2. The molecule has 4 nitrogen and oxygen atoms in total. The number of hydrogen-bond donors (Lipinski definition) is 0. The average Bonchev–Trinajstić information content (AvgIpc) is 3.10. The Bertz CT molecular complexity index is 1120. The Morgan fingerprint density at radius 3 is 2.39 bits per heavy atom. The molecule has 6 heteroatoms. The molecule has 0 bridgehead atoms. The Balaban J connectivity index is 1.37. The molecule has 0 saturated carbocycles. The molecule has 1 atom stereocenters. The van der Waals surface area contributed by atoms with E-state index in [0.717, 1.165) is 17.5 Å². The van der Waals surface area contributed by atoms with Crippen LogP contribution in [0.1, 0.15) is 22.3 Å². The molecule has 0 aromatic heterocycles. The third-order valence-electron chi connectivity index (χ3n) is 5.64. The van der Waals surface area contributed by atoms with Crippen molar-refractivity contribution in [2.45, 2.75) is 31.6 Å². The lowest BCUT2D eigenvalue weighted by Gasteiger charge is -2.16. The molecule has 0 N–H and O–H groups in total. The third kappa shape index (κ3) is 5.95. The lowest BCUT2D eigenvalue weighted by Crippen LogP contribution is -2.33. The number of methoxy groups -OCH3 is 1. The van der Waals surface area contributed by atoms with Crippen molar-refractivity contribution in [3.8, 4) is 11.5 Å². The van der Waals surface area contributed by atoms with Gasteiger partial charge in [0.05, 0.1) is 12.4 Å². The fourth-order valence-corrected chi connectivity index (χ4v) is 5.32. The van der Waals surface area contributed by atoms with Crippen molar-refractivity contribution in [3.05, 3.63) is 95.1 Å². The van der Waals surface area contributed by atoms with Gasteiger partial charge in [-0.1, -0.05) is 90.2 Å². The van der Waals surface area contributed by atoms with Gasteiger partial charge in [-0.05, 0) is 48.6 Å². The van der Waals surface area contributed by atoms with Gasteiger partial charge < -0.3 is 9.47 Å². The van der Waals surface area contributed by atoms with E-state index >= 15 is 0 Å². The van der Waals surface area contributed by atoms with E-state index in [2.05, 4.69) is 43.3 Å². The van der Waals surface area contributed by atoms with Crippen molar-refractivity contribution < 1.29 is 14.3 Å². The van der Waals surface area contributed by atoms with E-state index < -0.39 is 0 Å². The summed E-state index contributed by atoms with van der Waals surface area (Å²) in [6.07, 6.45) is 1.39. The van der Waals surface area contributed by atoms with Gasteiger partial charge >= 0.3 is 0 Å². The molecule has 3 aromatic rings. The summed E-state index contributed by atoms with van der Waals surface area (Å²) in [5.74, 6) is 1.44. The number of thioether (sulfide) groups is 1. The molecule has 170 valence electrons. The van der Waals surface area contributed by atoms with Gasteiger partial charge in [-0.25, -0.2) is 0 Å². The Morgan fingerprint density at radius 2 is 1.67 bits per heavy atom. The number of benzene rings is 3. The molecule has 33 heavy (non-hydrogen) atoms. The van der Waals surface area contributed by atoms with E-state index in [1.807, 2.05) is 36.4 Å². The normalized spacial score (nSPS) is 15.7. The van der Waals surface area contributed by atoms with E-state index in [9.17, 15) is 4.79 Å². The Morgan fingerprint density at radius 1 is 0.939 bits per heavy atom. The van der Waals surface area contributed by atoms with Gasteiger partial charge in [-0.15, -0.1) is 0 Å². The van der Waals surface area contributed by atoms with Gasteiger partial charge in [-0.2, -0.15) is 0 Å². The highest BCUT2D eigenvalue weighted by molar-refractivity contribution is 8.24. The van der Waals surface area contributed by atoms with Crippen LogP contribution in [0.15, 0.2) is 72.8 Å². The molecular weight excluding hydrogens is 450 g/mol. The van der Waals surface area contributed by atoms with E-state index in [4.69, 9.17) is 21.7 Å². The summed E-state index contributed by atoms with van der Waals surface area (Å²) in [7, 11) is 1.63. The molecule has 1 fully saturated rings. The number of hydrogen-bond acceptors (Lipinski definition) is 5. The molecule has 0 spiro atoms. The van der Waals surface area contributed by atoms with Crippen LogP contribution >= 0.6 is 24.0 Å². The fraction of sp³-hybridized carbons (Fsp3) is 0.259. The highest BCUT2D eigenvalue weighted by Crippen LogP contribution is 2.33. The minimum absolute atomic E-state index is 0.0830. The zero-order chi connectivity index (χ0) is 23.2. The SMILES string of the molecule is COc1cc(C[C@@H]2SC(=S)N(CCc3ccccc3)C2=O)ccc1OCc1ccc(C)cc1. The fourth-order valence-electron chi connectivity index (χ4n) is 3.73. The van der Waals surface area contributed by atoms with Gasteiger partial charge in [0.2, 0.25) is 5.91 Å². The van der Waals surface area contributed by atoms with Gasteiger partial charge in [-0.3, -0.25) is 9.69 Å². The number of thiocarbonyl (C=S) groups is 1. The second-order valence-electron chi connectivity index (χ2n) is 8.06. The number of carbonyl (C=O) groups is 1. The van der Waals surface area contributed by atoms with Crippen LogP contribution in [0.25, 0.3) is 0 Å². The lowest BCUT2D eigenvalue weighted by molar-refractivity contribution is -0.126. The highest BCUT2D eigenvalue weighted by Gasteiger charge is 2.36. The van der Waals surface area contributed by atoms with Gasteiger partial charge in [0.15, 0.2) is 11.5 Å². The first-order valence-corrected chi connectivity index (χ1v) is 12.2. The summed E-state index contributed by atoms with van der Waals surface area (Å²) in [4.78, 5) is 14.8. The van der Waals surface area contributed by atoms with Gasteiger partial charge in [0.1, 0.15) is 10.9 Å². The van der Waals surface area contributed by atoms with Crippen LogP contribution in [0.2, 0.25) is 0 Å². The van der Waals surface area contributed by atoms with E-state index in [-0.39, 0.29) is 11.2 Å². The first-order valence-electron chi connectivity index (χ1n) is 10.9. The minimum atomic E-state index is -0.211. The number of nitrogens with zero attached hydrogens (tertiary/aromatic N) is 1. The van der Waals surface area contributed by atoms with Crippen LogP contribution in [0.5, 0.6) is 11.5 Å². The smallest absolute Gasteiger partial charge is 0.241 e. The van der Waals surface area contributed by atoms with Crippen molar-refractivity contribution in [1.82, 2.24) is 4.90 Å². The number of ether oxygens (including phenoxy) is 2. The predicted molar refractivity (Wildman–Crippen MR) is 138 cm³/mol. The van der Waals surface area contributed by atoms with Crippen LogP contribution in [0.3, 0.4) is 0 Å². The quantitative estimate of drug-likeness (QED) is 0.375. The number of amides is 1. The molecule has 1 aliphatic rings. The second kappa shape index (κ2) is 10.9. The second-order valence-corrected chi connectivity index (χ2v) is 9.90. The highest BCUT2D eigenvalue weighted by atomic mass is 32.2. The molecule has 1 saturated heterocycles. The molecular formula is C27H27NO3S2. The maximum Gasteiger partial charge on any atom is 0.241 e. The third-order valence-corrected chi connectivity index (χ3v) is 7.22. The molecule has 3 aromatic carbocycles. The lowest BCUT2D eigenvalue weighted by atomic mass is 10.1.